The number of pyridine rings is 1. The fraction of sp³-hybridized carbons (Fsp3) is 0.271. The van der Waals surface area contributed by atoms with Crippen LogP contribution < -0.4 is 15.1 Å². The molecule has 0 spiro atoms. The predicted molar refractivity (Wildman–Crippen MR) is 230 cm³/mol. The molecule has 0 radical (unpaired) electrons. The quantitative estimate of drug-likeness (QED) is 0.161. The first-order chi connectivity index (χ1) is 25.1. The van der Waals surface area contributed by atoms with Crippen molar-refractivity contribution in [2.24, 2.45) is 0 Å². The molecule has 0 saturated heterocycles. The third kappa shape index (κ3) is 9.15. The van der Waals surface area contributed by atoms with Crippen LogP contribution in [0, 0.1) is 0 Å². The molecule has 0 bridgehead atoms. The molecule has 0 saturated carbocycles. The summed E-state index contributed by atoms with van der Waals surface area (Å²) in [6.07, 6.45) is 1.92. The monoisotopic (exact) mass is 718 g/mol. The first-order valence-electron chi connectivity index (χ1n) is 18.5. The molecule has 6 aromatic rings. The second-order valence-electron chi connectivity index (χ2n) is 16.9. The lowest BCUT2D eigenvalue weighted by atomic mass is 9.86. The molecule has 6 rings (SSSR count). The van der Waals surface area contributed by atoms with Gasteiger partial charge in [-0.3, -0.25) is 4.90 Å². The molecule has 1 N–H and O–H groups in total. The lowest BCUT2D eigenvalue weighted by Crippen LogP contribution is -2.15. The third-order valence-corrected chi connectivity index (χ3v) is 10.6. The van der Waals surface area contributed by atoms with Crippen LogP contribution >= 0.6 is 11.8 Å². The zero-order chi connectivity index (χ0) is 38.0. The highest BCUT2D eigenvalue weighted by Crippen LogP contribution is 2.41. The fourth-order valence-electron chi connectivity index (χ4n) is 6.33. The summed E-state index contributed by atoms with van der Waals surface area (Å²) in [5, 5.41) is 3.80. The van der Waals surface area contributed by atoms with Gasteiger partial charge in [-0.15, -0.1) is 0 Å². The summed E-state index contributed by atoms with van der Waals surface area (Å²) in [5.41, 5.74) is 10.5. The van der Waals surface area contributed by atoms with E-state index in [9.17, 15) is 0 Å². The summed E-state index contributed by atoms with van der Waals surface area (Å²) in [5.74, 6) is 0.904. The van der Waals surface area contributed by atoms with Crippen LogP contribution in [0.15, 0.2) is 149 Å². The maximum Gasteiger partial charge on any atom is 0.137 e. The number of rotatable bonds is 9. The molecule has 0 aliphatic rings. The number of benzene rings is 5. The van der Waals surface area contributed by atoms with Crippen LogP contribution in [-0.4, -0.2) is 12.0 Å². The summed E-state index contributed by atoms with van der Waals surface area (Å²) in [4.78, 5) is 11.7. The molecule has 4 nitrogen and oxygen atoms in total. The number of nitrogens with one attached hydrogen (secondary N) is 1. The van der Waals surface area contributed by atoms with E-state index in [-0.39, 0.29) is 16.2 Å². The second-order valence-corrected chi connectivity index (χ2v) is 18.1. The fourth-order valence-corrected chi connectivity index (χ4v) is 7.25. The Morgan fingerprint density at radius 3 is 1.74 bits per heavy atom. The summed E-state index contributed by atoms with van der Waals surface area (Å²) < 4.78 is 0. The number of hydrogen-bond acceptors (Lipinski definition) is 5. The van der Waals surface area contributed by atoms with Gasteiger partial charge in [0.2, 0.25) is 0 Å². The van der Waals surface area contributed by atoms with E-state index < -0.39 is 0 Å². The molecule has 0 aliphatic heterocycles. The van der Waals surface area contributed by atoms with Gasteiger partial charge >= 0.3 is 0 Å². The van der Waals surface area contributed by atoms with Crippen molar-refractivity contribution >= 4 is 51.7 Å². The van der Waals surface area contributed by atoms with Crippen LogP contribution in [0.1, 0.15) is 79.0 Å². The van der Waals surface area contributed by atoms with Crippen LogP contribution in [0.4, 0.5) is 39.9 Å². The van der Waals surface area contributed by atoms with E-state index in [0.29, 0.717) is 0 Å². The number of nitrogens with zero attached hydrogens (tertiary/aromatic N) is 3. The Kier molecular flexibility index (Phi) is 10.8. The standard InChI is InChI=1S/C48H54N4S/c1-46(2,3)34-17-14-18-37(29-34)50-43-30-35(47(4,5)6)25-26-44(43)51(10)39-21-15-23-41(32-39)53-42-24-16-22-40(33-42)52(38-19-12-11-13-20-38)45-31-36(27-28-49-45)48(7,8)9/h11-33,50H,1-10H3. The molecule has 1 heterocycles. The Bertz CT molecular complexity index is 2170. The Balaban J connectivity index is 1.31. The van der Waals surface area contributed by atoms with E-state index in [2.05, 4.69) is 218 Å². The molecule has 0 aliphatic carbocycles. The number of hydrogen-bond donors (Lipinski definition) is 1. The molecule has 0 fully saturated rings. The van der Waals surface area contributed by atoms with Crippen molar-refractivity contribution in [1.29, 1.82) is 0 Å². The highest BCUT2D eigenvalue weighted by molar-refractivity contribution is 7.99. The van der Waals surface area contributed by atoms with Gasteiger partial charge < -0.3 is 10.2 Å². The van der Waals surface area contributed by atoms with Crippen molar-refractivity contribution < 1.29 is 0 Å². The van der Waals surface area contributed by atoms with E-state index in [1.54, 1.807) is 11.8 Å². The van der Waals surface area contributed by atoms with E-state index in [1.807, 2.05) is 6.20 Å². The highest BCUT2D eigenvalue weighted by atomic mass is 32.2. The molecule has 272 valence electrons. The molecule has 0 unspecified atom stereocenters. The minimum atomic E-state index is 0.0126. The van der Waals surface area contributed by atoms with Gasteiger partial charge in [0.05, 0.1) is 11.4 Å². The smallest absolute Gasteiger partial charge is 0.137 e. The second kappa shape index (κ2) is 15.2. The van der Waals surface area contributed by atoms with Gasteiger partial charge in [0.15, 0.2) is 0 Å². The maximum atomic E-state index is 4.85. The molecule has 53 heavy (non-hydrogen) atoms. The Morgan fingerprint density at radius 2 is 1.08 bits per heavy atom. The van der Waals surface area contributed by atoms with Gasteiger partial charge in [-0.25, -0.2) is 4.98 Å². The highest BCUT2D eigenvalue weighted by Gasteiger charge is 2.21. The van der Waals surface area contributed by atoms with Crippen LogP contribution in [0.25, 0.3) is 0 Å². The van der Waals surface area contributed by atoms with Gasteiger partial charge in [0, 0.05) is 45.8 Å². The lowest BCUT2D eigenvalue weighted by Gasteiger charge is -2.27. The molecular weight excluding hydrogens is 665 g/mol. The van der Waals surface area contributed by atoms with Gasteiger partial charge in [-0.05, 0) is 118 Å². The minimum Gasteiger partial charge on any atom is -0.354 e. The van der Waals surface area contributed by atoms with Crippen molar-refractivity contribution in [2.45, 2.75) is 88.3 Å². The van der Waals surface area contributed by atoms with Gasteiger partial charge in [0.1, 0.15) is 5.82 Å². The van der Waals surface area contributed by atoms with Gasteiger partial charge in [-0.1, -0.05) is 123 Å². The maximum absolute atomic E-state index is 4.85. The van der Waals surface area contributed by atoms with Gasteiger partial charge in [-0.2, -0.15) is 0 Å². The van der Waals surface area contributed by atoms with Crippen LogP contribution in [0.2, 0.25) is 0 Å². The third-order valence-electron chi connectivity index (χ3n) is 9.60. The van der Waals surface area contributed by atoms with Gasteiger partial charge in [0.25, 0.3) is 0 Å². The Labute approximate surface area is 322 Å². The molecule has 0 amide bonds. The van der Waals surface area contributed by atoms with Crippen molar-refractivity contribution in [3.63, 3.8) is 0 Å². The molecule has 5 aromatic carbocycles. The Morgan fingerprint density at radius 1 is 0.509 bits per heavy atom. The minimum absolute atomic E-state index is 0.0126. The van der Waals surface area contributed by atoms with Crippen molar-refractivity contribution in [3.8, 4) is 0 Å². The predicted octanol–water partition coefficient (Wildman–Crippen LogP) is 14.1. The molecular formula is C48H54N4S. The zero-order valence-electron chi connectivity index (χ0n) is 33.0. The first-order valence-corrected chi connectivity index (χ1v) is 19.3. The number of para-hydroxylation sites is 1. The zero-order valence-corrected chi connectivity index (χ0v) is 33.8. The number of aromatic nitrogens is 1. The normalized spacial score (nSPS) is 12.0. The van der Waals surface area contributed by atoms with Crippen LogP contribution in [0.5, 0.6) is 0 Å². The first kappa shape index (κ1) is 37.7. The average molecular weight is 719 g/mol. The lowest BCUT2D eigenvalue weighted by molar-refractivity contribution is 0.589. The van der Waals surface area contributed by atoms with Crippen molar-refractivity contribution in [2.75, 3.05) is 22.2 Å². The molecule has 0 atom stereocenters. The van der Waals surface area contributed by atoms with E-state index in [4.69, 9.17) is 4.98 Å². The Hall–Kier alpha value is -5.00. The molecule has 5 heteroatoms. The SMILES string of the molecule is CN(c1cccc(Sc2cccc(N(c3ccccc3)c3cc(C(C)(C)C)ccn3)c2)c1)c1ccc(C(C)(C)C)cc1Nc1cccc(C(C)(C)C)c1. The van der Waals surface area contributed by atoms with E-state index in [1.165, 1.54) is 21.6 Å². The van der Waals surface area contributed by atoms with Crippen molar-refractivity contribution in [3.05, 3.63) is 156 Å². The molecule has 1 aromatic heterocycles. The summed E-state index contributed by atoms with van der Waals surface area (Å²) in [6, 6.07) is 48.0. The van der Waals surface area contributed by atoms with Crippen molar-refractivity contribution in [1.82, 2.24) is 4.98 Å². The van der Waals surface area contributed by atoms with E-state index >= 15 is 0 Å². The summed E-state index contributed by atoms with van der Waals surface area (Å²) >= 11 is 1.77. The average Bonchev–Trinajstić information content (AvgIpc) is 3.11. The van der Waals surface area contributed by atoms with Crippen LogP contribution in [-0.2, 0) is 16.2 Å². The van der Waals surface area contributed by atoms with E-state index in [0.717, 1.165) is 44.8 Å². The topological polar surface area (TPSA) is 31.4 Å². The summed E-state index contributed by atoms with van der Waals surface area (Å²) in [7, 11) is 2.16. The number of anilines is 7. The largest absolute Gasteiger partial charge is 0.354 e. The summed E-state index contributed by atoms with van der Waals surface area (Å²) in [6.45, 7) is 20.3. The van der Waals surface area contributed by atoms with Crippen LogP contribution in [0.3, 0.4) is 0 Å².